The summed E-state index contributed by atoms with van der Waals surface area (Å²) in [7, 11) is 0. The smallest absolute Gasteiger partial charge is 0.00566 e. The van der Waals surface area contributed by atoms with Crippen molar-refractivity contribution in [2.24, 2.45) is 0 Å². The Labute approximate surface area is 138 Å². The van der Waals surface area contributed by atoms with Gasteiger partial charge in [-0.25, -0.2) is 0 Å². The van der Waals surface area contributed by atoms with Crippen molar-refractivity contribution < 1.29 is 0 Å². The standard InChI is InChI=1S/C23H22/c1-16-8-10-17(11-9-16)18-12-13-21-20-7-5-4-6-19(20)15-23(2,3)22(21)14-18/h4-14H,15H2,1-3H3. The van der Waals surface area contributed by atoms with Crippen LogP contribution in [0.4, 0.5) is 0 Å². The molecule has 0 N–H and O–H groups in total. The molecule has 0 fully saturated rings. The second-order valence-electron chi connectivity index (χ2n) is 7.34. The van der Waals surface area contributed by atoms with Crippen LogP contribution in [0.1, 0.15) is 30.5 Å². The average Bonchev–Trinajstić information content (AvgIpc) is 2.55. The molecule has 0 spiro atoms. The molecule has 1 aliphatic rings. The maximum absolute atomic E-state index is 2.40. The largest absolute Gasteiger partial charge is 0.0620 e. The van der Waals surface area contributed by atoms with E-state index in [4.69, 9.17) is 0 Å². The van der Waals surface area contributed by atoms with Gasteiger partial charge in [0.05, 0.1) is 0 Å². The van der Waals surface area contributed by atoms with Crippen LogP contribution < -0.4 is 0 Å². The van der Waals surface area contributed by atoms with E-state index in [1.54, 1.807) is 0 Å². The summed E-state index contributed by atoms with van der Waals surface area (Å²) in [5.74, 6) is 0. The first-order chi connectivity index (χ1) is 11.0. The third-order valence-electron chi connectivity index (χ3n) is 5.07. The van der Waals surface area contributed by atoms with Gasteiger partial charge in [-0.2, -0.15) is 0 Å². The Morgan fingerprint density at radius 2 is 1.43 bits per heavy atom. The van der Waals surface area contributed by atoms with Crippen LogP contribution in [0.25, 0.3) is 22.3 Å². The summed E-state index contributed by atoms with van der Waals surface area (Å²) >= 11 is 0. The van der Waals surface area contributed by atoms with Crippen molar-refractivity contribution in [1.82, 2.24) is 0 Å². The molecule has 0 saturated heterocycles. The van der Waals surface area contributed by atoms with Crippen molar-refractivity contribution >= 4 is 0 Å². The van der Waals surface area contributed by atoms with Gasteiger partial charge < -0.3 is 0 Å². The molecule has 0 radical (unpaired) electrons. The van der Waals surface area contributed by atoms with Gasteiger partial charge in [0.15, 0.2) is 0 Å². The number of hydrogen-bond donors (Lipinski definition) is 0. The van der Waals surface area contributed by atoms with E-state index in [2.05, 4.69) is 87.5 Å². The Morgan fingerprint density at radius 3 is 2.22 bits per heavy atom. The van der Waals surface area contributed by atoms with Crippen LogP contribution in [0.3, 0.4) is 0 Å². The molecule has 0 heterocycles. The van der Waals surface area contributed by atoms with Gasteiger partial charge in [-0.15, -0.1) is 0 Å². The zero-order chi connectivity index (χ0) is 16.0. The molecule has 0 heteroatoms. The highest BCUT2D eigenvalue weighted by Crippen LogP contribution is 2.44. The zero-order valence-corrected chi connectivity index (χ0v) is 14.1. The van der Waals surface area contributed by atoms with E-state index < -0.39 is 0 Å². The zero-order valence-electron chi connectivity index (χ0n) is 14.1. The maximum atomic E-state index is 2.40. The third-order valence-corrected chi connectivity index (χ3v) is 5.07. The average molecular weight is 298 g/mol. The Hall–Kier alpha value is -2.34. The molecule has 0 amide bonds. The van der Waals surface area contributed by atoms with E-state index in [1.165, 1.54) is 38.9 Å². The van der Waals surface area contributed by atoms with Gasteiger partial charge >= 0.3 is 0 Å². The predicted octanol–water partition coefficient (Wildman–Crippen LogP) is 6.16. The summed E-state index contributed by atoms with van der Waals surface area (Å²) in [5, 5.41) is 0. The summed E-state index contributed by atoms with van der Waals surface area (Å²) in [6, 6.07) is 24.6. The normalized spacial score (nSPS) is 14.9. The molecule has 0 saturated carbocycles. The van der Waals surface area contributed by atoms with Gasteiger partial charge in [-0.05, 0) is 58.2 Å². The fourth-order valence-electron chi connectivity index (χ4n) is 3.77. The number of benzene rings is 3. The molecular weight excluding hydrogens is 276 g/mol. The first-order valence-electron chi connectivity index (χ1n) is 8.34. The van der Waals surface area contributed by atoms with E-state index in [0.717, 1.165) is 6.42 Å². The molecule has 3 aromatic carbocycles. The SMILES string of the molecule is Cc1ccc(-c2ccc3c(c2)C(C)(C)Cc2ccccc2-3)cc1. The van der Waals surface area contributed by atoms with E-state index >= 15 is 0 Å². The maximum Gasteiger partial charge on any atom is -0.00566 e. The fourth-order valence-corrected chi connectivity index (χ4v) is 3.77. The van der Waals surface area contributed by atoms with Crippen molar-refractivity contribution in [2.75, 3.05) is 0 Å². The summed E-state index contributed by atoms with van der Waals surface area (Å²) < 4.78 is 0. The molecular formula is C23H22. The lowest BCUT2D eigenvalue weighted by Crippen LogP contribution is -2.25. The van der Waals surface area contributed by atoms with Crippen LogP contribution in [0.5, 0.6) is 0 Å². The van der Waals surface area contributed by atoms with Gasteiger partial charge in [0, 0.05) is 0 Å². The predicted molar refractivity (Wildman–Crippen MR) is 98.8 cm³/mol. The second-order valence-corrected chi connectivity index (χ2v) is 7.34. The van der Waals surface area contributed by atoms with Crippen LogP contribution in [-0.4, -0.2) is 0 Å². The number of fused-ring (bicyclic) bond motifs is 3. The molecule has 4 rings (SSSR count). The summed E-state index contributed by atoms with van der Waals surface area (Å²) in [5.41, 5.74) is 9.82. The van der Waals surface area contributed by atoms with E-state index in [-0.39, 0.29) is 5.41 Å². The first kappa shape index (κ1) is 14.3. The Balaban J connectivity index is 1.90. The van der Waals surface area contributed by atoms with Gasteiger partial charge in [0.2, 0.25) is 0 Å². The number of rotatable bonds is 1. The topological polar surface area (TPSA) is 0 Å². The minimum Gasteiger partial charge on any atom is -0.0620 e. The summed E-state index contributed by atoms with van der Waals surface area (Å²) in [6.07, 6.45) is 1.10. The van der Waals surface area contributed by atoms with Gasteiger partial charge in [-0.1, -0.05) is 80.1 Å². The molecule has 23 heavy (non-hydrogen) atoms. The lowest BCUT2D eigenvalue weighted by molar-refractivity contribution is 0.517. The highest BCUT2D eigenvalue weighted by molar-refractivity contribution is 5.79. The second kappa shape index (κ2) is 5.09. The highest BCUT2D eigenvalue weighted by atomic mass is 14.3. The van der Waals surface area contributed by atoms with Crippen molar-refractivity contribution in [2.45, 2.75) is 32.6 Å². The molecule has 0 aromatic heterocycles. The minimum absolute atomic E-state index is 0.171. The Kier molecular flexibility index (Phi) is 3.16. The van der Waals surface area contributed by atoms with Crippen molar-refractivity contribution in [3.05, 3.63) is 83.4 Å². The third kappa shape index (κ3) is 2.39. The quantitative estimate of drug-likeness (QED) is 0.504. The van der Waals surface area contributed by atoms with Gasteiger partial charge in [-0.3, -0.25) is 0 Å². The van der Waals surface area contributed by atoms with Gasteiger partial charge in [0.25, 0.3) is 0 Å². The molecule has 0 bridgehead atoms. The van der Waals surface area contributed by atoms with Gasteiger partial charge in [0.1, 0.15) is 0 Å². The Morgan fingerprint density at radius 1 is 0.739 bits per heavy atom. The van der Waals surface area contributed by atoms with Crippen LogP contribution in [0, 0.1) is 6.92 Å². The summed E-state index contributed by atoms with van der Waals surface area (Å²) in [4.78, 5) is 0. The highest BCUT2D eigenvalue weighted by Gasteiger charge is 2.30. The lowest BCUT2D eigenvalue weighted by atomic mass is 9.69. The van der Waals surface area contributed by atoms with Crippen molar-refractivity contribution in [1.29, 1.82) is 0 Å². The molecule has 3 aromatic rings. The first-order valence-corrected chi connectivity index (χ1v) is 8.34. The van der Waals surface area contributed by atoms with Crippen LogP contribution in [-0.2, 0) is 11.8 Å². The minimum atomic E-state index is 0.171. The van der Waals surface area contributed by atoms with Crippen molar-refractivity contribution in [3.8, 4) is 22.3 Å². The molecule has 0 aliphatic heterocycles. The van der Waals surface area contributed by atoms with Crippen LogP contribution in [0.2, 0.25) is 0 Å². The van der Waals surface area contributed by atoms with E-state index in [1.807, 2.05) is 0 Å². The van der Waals surface area contributed by atoms with Crippen molar-refractivity contribution in [3.63, 3.8) is 0 Å². The monoisotopic (exact) mass is 298 g/mol. The fraction of sp³-hybridized carbons (Fsp3) is 0.217. The van der Waals surface area contributed by atoms with Crippen LogP contribution >= 0.6 is 0 Å². The molecule has 0 nitrogen and oxygen atoms in total. The van der Waals surface area contributed by atoms with Crippen LogP contribution in [0.15, 0.2) is 66.7 Å². The number of aryl methyl sites for hydroxylation is 1. The molecule has 1 aliphatic carbocycles. The summed E-state index contributed by atoms with van der Waals surface area (Å²) in [6.45, 7) is 6.86. The Bertz CT molecular complexity index is 867. The van der Waals surface area contributed by atoms with E-state index in [0.29, 0.717) is 0 Å². The molecule has 0 unspecified atom stereocenters. The lowest BCUT2D eigenvalue weighted by Gasteiger charge is -2.34. The molecule has 0 atom stereocenters. The van der Waals surface area contributed by atoms with E-state index in [9.17, 15) is 0 Å². The number of hydrogen-bond acceptors (Lipinski definition) is 0. The molecule has 114 valence electrons.